The van der Waals surface area contributed by atoms with Crippen molar-refractivity contribution >= 4 is 5.91 Å². The third kappa shape index (κ3) is 2.61. The zero-order valence-electron chi connectivity index (χ0n) is 9.52. The lowest BCUT2D eigenvalue weighted by Crippen LogP contribution is -2.40. The lowest BCUT2D eigenvalue weighted by molar-refractivity contribution is 0.0920. The van der Waals surface area contributed by atoms with Crippen molar-refractivity contribution in [2.75, 3.05) is 0 Å². The van der Waals surface area contributed by atoms with Gasteiger partial charge in [0.1, 0.15) is 5.69 Å². The van der Waals surface area contributed by atoms with Gasteiger partial charge in [-0.3, -0.25) is 9.48 Å². The number of aromatic nitrogens is 2. The van der Waals surface area contributed by atoms with Crippen molar-refractivity contribution in [3.63, 3.8) is 0 Å². The maximum atomic E-state index is 11.8. The Morgan fingerprint density at radius 3 is 2.75 bits per heavy atom. The van der Waals surface area contributed by atoms with E-state index in [4.69, 9.17) is 5.73 Å². The van der Waals surface area contributed by atoms with Crippen LogP contribution in [0.4, 0.5) is 0 Å². The molecule has 1 aromatic heterocycles. The molecule has 1 amide bonds. The van der Waals surface area contributed by atoms with Gasteiger partial charge >= 0.3 is 0 Å². The summed E-state index contributed by atoms with van der Waals surface area (Å²) >= 11 is 0. The molecule has 1 fully saturated rings. The van der Waals surface area contributed by atoms with Crippen molar-refractivity contribution in [1.29, 1.82) is 0 Å². The smallest absolute Gasteiger partial charge is 0.271 e. The third-order valence-corrected chi connectivity index (χ3v) is 3.05. The molecule has 0 spiro atoms. The van der Waals surface area contributed by atoms with Crippen molar-refractivity contribution in [3.05, 3.63) is 18.0 Å². The Balaban J connectivity index is 1.88. The first-order valence-corrected chi connectivity index (χ1v) is 5.71. The Kier molecular flexibility index (Phi) is 3.24. The second-order valence-electron chi connectivity index (χ2n) is 4.46. The first kappa shape index (κ1) is 11.1. The summed E-state index contributed by atoms with van der Waals surface area (Å²) in [6.45, 7) is 0. The maximum absolute atomic E-state index is 11.8. The van der Waals surface area contributed by atoms with E-state index in [1.807, 2.05) is 0 Å². The number of hydrogen-bond acceptors (Lipinski definition) is 3. The molecule has 0 radical (unpaired) electrons. The van der Waals surface area contributed by atoms with E-state index in [9.17, 15) is 4.79 Å². The molecule has 0 aromatic carbocycles. The van der Waals surface area contributed by atoms with Gasteiger partial charge in [0, 0.05) is 25.3 Å². The Hall–Kier alpha value is -1.36. The Morgan fingerprint density at radius 2 is 2.19 bits per heavy atom. The predicted octanol–water partition coefficient (Wildman–Crippen LogP) is 0.420. The highest BCUT2D eigenvalue weighted by molar-refractivity contribution is 5.92. The summed E-state index contributed by atoms with van der Waals surface area (Å²) in [7, 11) is 1.80. The number of carbonyl (C=O) groups is 1. The van der Waals surface area contributed by atoms with Crippen LogP contribution in [0.15, 0.2) is 12.3 Å². The number of carbonyl (C=O) groups excluding carboxylic acids is 1. The highest BCUT2D eigenvalue weighted by Crippen LogP contribution is 2.17. The van der Waals surface area contributed by atoms with Crippen LogP contribution < -0.4 is 11.1 Å². The van der Waals surface area contributed by atoms with Gasteiger partial charge < -0.3 is 11.1 Å². The van der Waals surface area contributed by atoms with Crippen molar-refractivity contribution < 1.29 is 4.79 Å². The van der Waals surface area contributed by atoms with Gasteiger partial charge in [-0.15, -0.1) is 0 Å². The Bertz CT molecular complexity index is 366. The molecule has 1 aliphatic carbocycles. The van der Waals surface area contributed by atoms with E-state index in [2.05, 4.69) is 10.4 Å². The lowest BCUT2D eigenvalue weighted by Gasteiger charge is -2.26. The zero-order valence-corrected chi connectivity index (χ0v) is 9.52. The fourth-order valence-corrected chi connectivity index (χ4v) is 2.06. The molecule has 0 unspecified atom stereocenters. The fourth-order valence-electron chi connectivity index (χ4n) is 2.06. The first-order chi connectivity index (χ1) is 7.65. The summed E-state index contributed by atoms with van der Waals surface area (Å²) in [5.74, 6) is -0.0823. The minimum Gasteiger partial charge on any atom is -0.348 e. The Morgan fingerprint density at radius 1 is 1.50 bits per heavy atom. The third-order valence-electron chi connectivity index (χ3n) is 3.05. The summed E-state index contributed by atoms with van der Waals surface area (Å²) in [6, 6.07) is 2.29. The molecule has 16 heavy (non-hydrogen) atoms. The molecule has 0 aliphatic heterocycles. The van der Waals surface area contributed by atoms with Crippen LogP contribution in [-0.4, -0.2) is 27.8 Å². The number of nitrogens with two attached hydrogens (primary N) is 1. The molecule has 0 saturated heterocycles. The average Bonchev–Trinajstić information content (AvgIpc) is 2.68. The topological polar surface area (TPSA) is 72.9 Å². The van der Waals surface area contributed by atoms with Gasteiger partial charge in [-0.05, 0) is 31.7 Å². The zero-order chi connectivity index (χ0) is 11.5. The first-order valence-electron chi connectivity index (χ1n) is 5.71. The van der Waals surface area contributed by atoms with Crippen LogP contribution in [0.1, 0.15) is 36.2 Å². The average molecular weight is 222 g/mol. The quantitative estimate of drug-likeness (QED) is 0.761. The predicted molar refractivity (Wildman–Crippen MR) is 60.9 cm³/mol. The molecule has 1 saturated carbocycles. The van der Waals surface area contributed by atoms with E-state index in [1.165, 1.54) is 0 Å². The summed E-state index contributed by atoms with van der Waals surface area (Å²) in [5, 5.41) is 7.07. The molecule has 88 valence electrons. The highest BCUT2D eigenvalue weighted by Gasteiger charge is 2.21. The summed E-state index contributed by atoms with van der Waals surface area (Å²) in [4.78, 5) is 11.8. The monoisotopic (exact) mass is 222 g/mol. The van der Waals surface area contributed by atoms with E-state index in [-0.39, 0.29) is 11.9 Å². The van der Waals surface area contributed by atoms with Crippen LogP contribution >= 0.6 is 0 Å². The molecule has 0 bridgehead atoms. The minimum atomic E-state index is -0.0823. The van der Waals surface area contributed by atoms with Crippen LogP contribution in [0.5, 0.6) is 0 Å². The van der Waals surface area contributed by atoms with Crippen molar-refractivity contribution in [2.45, 2.75) is 37.8 Å². The summed E-state index contributed by atoms with van der Waals surface area (Å²) in [5.41, 5.74) is 6.30. The lowest BCUT2D eigenvalue weighted by atomic mass is 9.92. The van der Waals surface area contributed by atoms with Gasteiger partial charge in [0.15, 0.2) is 0 Å². The standard InChI is InChI=1S/C11H18N4O/c1-15-7-6-10(14-15)11(16)13-9-4-2-8(12)3-5-9/h6-9H,2-5,12H2,1H3,(H,13,16)/t8-,9-. The van der Waals surface area contributed by atoms with Gasteiger partial charge in [0.25, 0.3) is 5.91 Å². The SMILES string of the molecule is Cn1ccc(C(=O)N[C@H]2CC[C@H](N)CC2)n1. The van der Waals surface area contributed by atoms with Crippen LogP contribution in [0.3, 0.4) is 0 Å². The van der Waals surface area contributed by atoms with Gasteiger partial charge in [-0.25, -0.2) is 0 Å². The number of aryl methyl sites for hydroxylation is 1. The highest BCUT2D eigenvalue weighted by atomic mass is 16.2. The number of rotatable bonds is 2. The molecule has 1 aromatic rings. The van der Waals surface area contributed by atoms with Crippen molar-refractivity contribution in [3.8, 4) is 0 Å². The van der Waals surface area contributed by atoms with E-state index < -0.39 is 0 Å². The Labute approximate surface area is 95.0 Å². The molecule has 1 aliphatic rings. The maximum Gasteiger partial charge on any atom is 0.271 e. The van der Waals surface area contributed by atoms with Crippen LogP contribution in [0.25, 0.3) is 0 Å². The van der Waals surface area contributed by atoms with Gasteiger partial charge in [-0.2, -0.15) is 5.10 Å². The van der Waals surface area contributed by atoms with Gasteiger partial charge in [0.2, 0.25) is 0 Å². The van der Waals surface area contributed by atoms with E-state index >= 15 is 0 Å². The van der Waals surface area contributed by atoms with Crippen LogP contribution in [0, 0.1) is 0 Å². The molecule has 2 rings (SSSR count). The number of nitrogens with zero attached hydrogens (tertiary/aromatic N) is 2. The van der Waals surface area contributed by atoms with Crippen molar-refractivity contribution in [1.82, 2.24) is 15.1 Å². The number of amides is 1. The number of nitrogens with one attached hydrogen (secondary N) is 1. The van der Waals surface area contributed by atoms with Crippen molar-refractivity contribution in [2.24, 2.45) is 12.8 Å². The summed E-state index contributed by atoms with van der Waals surface area (Å²) < 4.78 is 1.63. The van der Waals surface area contributed by atoms with Crippen LogP contribution in [0.2, 0.25) is 0 Å². The van der Waals surface area contributed by atoms with Gasteiger partial charge in [0.05, 0.1) is 0 Å². The molecular formula is C11H18N4O. The second kappa shape index (κ2) is 4.65. The molecule has 5 nitrogen and oxygen atoms in total. The largest absolute Gasteiger partial charge is 0.348 e. The fraction of sp³-hybridized carbons (Fsp3) is 0.636. The molecular weight excluding hydrogens is 204 g/mol. The van der Waals surface area contributed by atoms with Crippen LogP contribution in [-0.2, 0) is 7.05 Å². The van der Waals surface area contributed by atoms with E-state index in [0.29, 0.717) is 11.7 Å². The molecule has 1 heterocycles. The number of hydrogen-bond donors (Lipinski definition) is 2. The normalized spacial score (nSPS) is 25.4. The minimum absolute atomic E-state index is 0.0823. The molecule has 0 atom stereocenters. The van der Waals surface area contributed by atoms with E-state index in [1.54, 1.807) is 24.0 Å². The molecule has 3 N–H and O–H groups in total. The summed E-state index contributed by atoms with van der Waals surface area (Å²) in [6.07, 6.45) is 5.70. The van der Waals surface area contributed by atoms with Gasteiger partial charge in [-0.1, -0.05) is 0 Å². The molecule has 5 heteroatoms. The van der Waals surface area contributed by atoms with E-state index in [0.717, 1.165) is 25.7 Å². The second-order valence-corrected chi connectivity index (χ2v) is 4.46.